The fourth-order valence-corrected chi connectivity index (χ4v) is 4.23. The van der Waals surface area contributed by atoms with E-state index >= 15 is 0 Å². The smallest absolute Gasteiger partial charge is 0.184 e. The van der Waals surface area contributed by atoms with Crippen molar-refractivity contribution in [1.82, 2.24) is 14.8 Å². The van der Waals surface area contributed by atoms with Gasteiger partial charge in [-0.3, -0.25) is 0 Å². The first-order chi connectivity index (χ1) is 16.2. The monoisotopic (exact) mass is 467 g/mol. The van der Waals surface area contributed by atoms with Gasteiger partial charge in [0, 0.05) is 5.56 Å². The molecule has 0 aliphatic carbocycles. The highest BCUT2D eigenvalue weighted by atomic mass is 35.5. The number of hydrogen-bond acceptors (Lipinski definition) is 5. The van der Waals surface area contributed by atoms with Gasteiger partial charge in [-0.15, -0.1) is 6.58 Å². The number of hydrogen-bond donors (Lipinski definition) is 0. The topological polar surface area (TPSA) is 58.4 Å². The minimum atomic E-state index is -0.307. The molecule has 0 radical (unpaired) electrons. The maximum absolute atomic E-state index is 6.64. The molecule has 33 heavy (non-hydrogen) atoms. The van der Waals surface area contributed by atoms with Crippen LogP contribution in [0.4, 0.5) is 0 Å². The van der Waals surface area contributed by atoms with E-state index in [9.17, 15) is 0 Å². The van der Waals surface area contributed by atoms with Crippen molar-refractivity contribution in [3.8, 4) is 22.9 Å². The van der Waals surface area contributed by atoms with E-state index < -0.39 is 0 Å². The van der Waals surface area contributed by atoms with Gasteiger partial charge in [-0.2, -0.15) is 5.10 Å². The molecule has 1 unspecified atom stereocenters. The molecule has 0 fully saturated rings. The number of rotatable bonds is 10. The third kappa shape index (κ3) is 5.07. The van der Waals surface area contributed by atoms with Crippen molar-refractivity contribution in [2.24, 2.45) is 0 Å². The molecule has 0 N–H and O–H groups in total. The molecular formula is C26H30ClN3O3. The lowest BCUT2D eigenvalue weighted by Crippen LogP contribution is -2.18. The van der Waals surface area contributed by atoms with E-state index in [1.165, 1.54) is 5.56 Å². The number of unbranched alkanes of at least 4 members (excludes halogenated alkanes) is 1. The Bertz CT molecular complexity index is 1110. The highest BCUT2D eigenvalue weighted by Crippen LogP contribution is 2.40. The van der Waals surface area contributed by atoms with Crippen molar-refractivity contribution in [3.05, 3.63) is 71.0 Å². The van der Waals surface area contributed by atoms with Crippen LogP contribution in [0.15, 0.2) is 49.1 Å². The highest BCUT2D eigenvalue weighted by Gasteiger charge is 2.27. The number of aromatic nitrogens is 3. The number of benzene rings is 2. The number of allylic oxidation sites excluding steroid dienone is 1. The Labute approximate surface area is 200 Å². The normalized spacial score (nSPS) is 15.2. The first-order valence-corrected chi connectivity index (χ1v) is 11.9. The third-order valence-electron chi connectivity index (χ3n) is 5.53. The highest BCUT2D eigenvalue weighted by molar-refractivity contribution is 6.32. The van der Waals surface area contributed by atoms with E-state index in [-0.39, 0.29) is 6.10 Å². The molecule has 174 valence electrons. The predicted octanol–water partition coefficient (Wildman–Crippen LogP) is 6.02. The standard InChI is InChI=1S/C26H30ClN3O3/c1-4-7-14-32-24-21(27)16-19(17-22(24)31-6-3)26-28-25(29-30(26)13-5-2)23-20-11-9-8-10-18(20)12-15-33-23/h5,8-11,16-17,23H,2,4,6-7,12-15H2,1,3H3. The Morgan fingerprint density at radius 1 is 1.24 bits per heavy atom. The van der Waals surface area contributed by atoms with E-state index in [1.54, 1.807) is 6.08 Å². The lowest BCUT2D eigenvalue weighted by Gasteiger charge is -2.23. The van der Waals surface area contributed by atoms with Gasteiger partial charge in [0.15, 0.2) is 23.1 Å². The minimum absolute atomic E-state index is 0.307. The van der Waals surface area contributed by atoms with Gasteiger partial charge in [-0.25, -0.2) is 9.67 Å². The minimum Gasteiger partial charge on any atom is -0.490 e. The summed E-state index contributed by atoms with van der Waals surface area (Å²) in [6, 6.07) is 12.1. The molecule has 2 heterocycles. The summed E-state index contributed by atoms with van der Waals surface area (Å²) < 4.78 is 19.7. The van der Waals surface area contributed by atoms with Crippen LogP contribution in [-0.4, -0.2) is 34.6 Å². The molecule has 0 amide bonds. The largest absolute Gasteiger partial charge is 0.490 e. The Morgan fingerprint density at radius 2 is 2.09 bits per heavy atom. The van der Waals surface area contributed by atoms with Crippen LogP contribution in [0.3, 0.4) is 0 Å². The molecule has 2 aromatic carbocycles. The quantitative estimate of drug-likeness (QED) is 0.269. The van der Waals surface area contributed by atoms with Crippen LogP contribution in [0.2, 0.25) is 5.02 Å². The molecule has 0 bridgehead atoms. The van der Waals surface area contributed by atoms with E-state index in [2.05, 4.69) is 31.7 Å². The summed E-state index contributed by atoms with van der Waals surface area (Å²) in [4.78, 5) is 4.89. The summed E-state index contributed by atoms with van der Waals surface area (Å²) in [5, 5.41) is 5.27. The maximum Gasteiger partial charge on any atom is 0.184 e. The zero-order valence-corrected chi connectivity index (χ0v) is 20.0. The van der Waals surface area contributed by atoms with Crippen molar-refractivity contribution in [2.75, 3.05) is 19.8 Å². The Balaban J connectivity index is 1.75. The van der Waals surface area contributed by atoms with Gasteiger partial charge in [-0.05, 0) is 43.0 Å². The third-order valence-corrected chi connectivity index (χ3v) is 5.81. The number of nitrogens with zero attached hydrogens (tertiary/aromatic N) is 3. The zero-order valence-electron chi connectivity index (χ0n) is 19.2. The molecule has 4 rings (SSSR count). The molecule has 0 saturated heterocycles. The van der Waals surface area contributed by atoms with Crippen LogP contribution >= 0.6 is 11.6 Å². The molecule has 7 heteroatoms. The zero-order chi connectivity index (χ0) is 23.2. The predicted molar refractivity (Wildman–Crippen MR) is 130 cm³/mol. The fraction of sp³-hybridized carbons (Fsp3) is 0.385. The maximum atomic E-state index is 6.64. The second-order valence-corrected chi connectivity index (χ2v) is 8.29. The van der Waals surface area contributed by atoms with Gasteiger partial charge in [0.1, 0.15) is 6.10 Å². The number of fused-ring (bicyclic) bond motifs is 1. The van der Waals surface area contributed by atoms with Crippen molar-refractivity contribution in [3.63, 3.8) is 0 Å². The van der Waals surface area contributed by atoms with Gasteiger partial charge >= 0.3 is 0 Å². The lowest BCUT2D eigenvalue weighted by molar-refractivity contribution is 0.0640. The first kappa shape index (κ1) is 23.3. The van der Waals surface area contributed by atoms with E-state index in [0.29, 0.717) is 54.5 Å². The average molecular weight is 468 g/mol. The molecule has 6 nitrogen and oxygen atoms in total. The summed E-state index contributed by atoms with van der Waals surface area (Å²) in [5.74, 6) is 2.47. The van der Waals surface area contributed by atoms with Crippen LogP contribution in [-0.2, 0) is 17.7 Å². The van der Waals surface area contributed by atoms with Crippen LogP contribution in [0.5, 0.6) is 11.5 Å². The molecule has 0 saturated carbocycles. The number of ether oxygens (including phenoxy) is 3. The van der Waals surface area contributed by atoms with Crippen molar-refractivity contribution >= 4 is 11.6 Å². The van der Waals surface area contributed by atoms with Crippen LogP contribution in [0, 0.1) is 0 Å². The van der Waals surface area contributed by atoms with E-state index in [1.807, 2.05) is 29.8 Å². The van der Waals surface area contributed by atoms with Crippen LogP contribution < -0.4 is 9.47 Å². The molecule has 1 aliphatic heterocycles. The van der Waals surface area contributed by atoms with Gasteiger partial charge in [0.2, 0.25) is 0 Å². The van der Waals surface area contributed by atoms with Crippen molar-refractivity contribution < 1.29 is 14.2 Å². The molecule has 1 aliphatic rings. The summed E-state index contributed by atoms with van der Waals surface area (Å²) in [6.07, 6.45) is 4.37. The Hall–Kier alpha value is -2.83. The van der Waals surface area contributed by atoms with Crippen molar-refractivity contribution in [1.29, 1.82) is 0 Å². The van der Waals surface area contributed by atoms with Gasteiger partial charge < -0.3 is 14.2 Å². The molecule has 0 spiro atoms. The molecule has 1 atom stereocenters. The van der Waals surface area contributed by atoms with Crippen LogP contribution in [0.25, 0.3) is 11.4 Å². The number of halogens is 1. The van der Waals surface area contributed by atoms with Crippen molar-refractivity contribution in [2.45, 2.75) is 45.8 Å². The summed E-state index contributed by atoms with van der Waals surface area (Å²) >= 11 is 6.64. The molecule has 1 aromatic heterocycles. The van der Waals surface area contributed by atoms with Gasteiger partial charge in [0.05, 0.1) is 31.4 Å². The summed E-state index contributed by atoms with van der Waals surface area (Å²) in [7, 11) is 0. The summed E-state index contributed by atoms with van der Waals surface area (Å²) in [6.45, 7) is 10.2. The van der Waals surface area contributed by atoms with E-state index in [0.717, 1.165) is 30.4 Å². The van der Waals surface area contributed by atoms with Gasteiger partial charge in [-0.1, -0.05) is 55.3 Å². The second kappa shape index (κ2) is 10.9. The summed E-state index contributed by atoms with van der Waals surface area (Å²) in [5.41, 5.74) is 3.18. The Morgan fingerprint density at radius 3 is 2.88 bits per heavy atom. The molecule has 3 aromatic rings. The van der Waals surface area contributed by atoms with E-state index in [4.69, 9.17) is 35.9 Å². The second-order valence-electron chi connectivity index (χ2n) is 7.88. The fourth-order valence-electron chi connectivity index (χ4n) is 3.96. The SMILES string of the molecule is C=CCn1nc(C2OCCc3ccccc32)nc1-c1cc(Cl)c(OCCCC)c(OCC)c1. The average Bonchev–Trinajstić information content (AvgIpc) is 3.24. The lowest BCUT2D eigenvalue weighted by atomic mass is 9.97. The first-order valence-electron chi connectivity index (χ1n) is 11.5. The van der Waals surface area contributed by atoms with Gasteiger partial charge in [0.25, 0.3) is 0 Å². The molecular weight excluding hydrogens is 438 g/mol. The Kier molecular flexibility index (Phi) is 7.68. The van der Waals surface area contributed by atoms with Crippen LogP contribution in [0.1, 0.15) is 49.7 Å².